The zero-order valence-corrected chi connectivity index (χ0v) is 13.5. The Balaban J connectivity index is 1.59. The summed E-state index contributed by atoms with van der Waals surface area (Å²) >= 11 is 0. The summed E-state index contributed by atoms with van der Waals surface area (Å²) < 4.78 is 4.96. The molecule has 0 atom stereocenters. The van der Waals surface area contributed by atoms with Crippen molar-refractivity contribution in [1.29, 1.82) is 0 Å². The quantitative estimate of drug-likeness (QED) is 0.837. The summed E-state index contributed by atoms with van der Waals surface area (Å²) in [7, 11) is 0. The van der Waals surface area contributed by atoms with Crippen molar-refractivity contribution >= 4 is 17.8 Å². The molecule has 2 N–H and O–H groups in total. The van der Waals surface area contributed by atoms with Crippen LogP contribution >= 0.6 is 0 Å². The second-order valence-corrected chi connectivity index (χ2v) is 5.93. The maximum absolute atomic E-state index is 12.0. The third-order valence-electron chi connectivity index (χ3n) is 4.06. The highest BCUT2D eigenvalue weighted by Gasteiger charge is 2.20. The number of aromatic carboxylic acids is 1. The Labute approximate surface area is 144 Å². The van der Waals surface area contributed by atoms with E-state index in [1.165, 1.54) is 6.07 Å². The number of benzene rings is 1. The minimum atomic E-state index is -1.15. The number of carbonyl (C=O) groups excluding carboxylic acids is 2. The van der Waals surface area contributed by atoms with Gasteiger partial charge in [0, 0.05) is 32.1 Å². The summed E-state index contributed by atoms with van der Waals surface area (Å²) in [5.41, 5.74) is 1.83. The van der Waals surface area contributed by atoms with E-state index in [1.807, 2.05) is 29.2 Å². The van der Waals surface area contributed by atoms with E-state index in [0.29, 0.717) is 13.0 Å². The van der Waals surface area contributed by atoms with Crippen molar-refractivity contribution in [3.8, 4) is 0 Å². The summed E-state index contributed by atoms with van der Waals surface area (Å²) in [4.78, 5) is 36.3. The van der Waals surface area contributed by atoms with Crippen LogP contribution in [0.4, 0.5) is 0 Å². The largest absolute Gasteiger partial charge is 0.478 e. The number of nitrogens with one attached hydrogen (secondary N) is 1. The van der Waals surface area contributed by atoms with Crippen LogP contribution in [0.1, 0.15) is 44.9 Å². The number of carboxylic acids is 1. The SMILES string of the molecule is O=C(O)c1coc(C(=O)NCc2cccc(CN3CCCC3=O)c2)c1. The van der Waals surface area contributed by atoms with Crippen LogP contribution in [0.2, 0.25) is 0 Å². The zero-order valence-electron chi connectivity index (χ0n) is 13.5. The van der Waals surface area contributed by atoms with Crippen molar-refractivity contribution < 1.29 is 23.9 Å². The molecular weight excluding hydrogens is 324 g/mol. The first-order chi connectivity index (χ1) is 12.0. The zero-order chi connectivity index (χ0) is 17.8. The molecule has 2 aromatic rings. The van der Waals surface area contributed by atoms with Crippen LogP contribution in [0, 0.1) is 0 Å². The third kappa shape index (κ3) is 4.06. The maximum atomic E-state index is 12.0. The van der Waals surface area contributed by atoms with E-state index in [9.17, 15) is 14.4 Å². The Morgan fingerprint density at radius 1 is 1.24 bits per heavy atom. The smallest absolute Gasteiger partial charge is 0.338 e. The Morgan fingerprint density at radius 3 is 2.72 bits per heavy atom. The number of nitrogens with zero attached hydrogens (tertiary/aromatic N) is 1. The van der Waals surface area contributed by atoms with Gasteiger partial charge in [-0.05, 0) is 17.5 Å². The number of amides is 2. The Kier molecular flexibility index (Phi) is 4.83. The fourth-order valence-electron chi connectivity index (χ4n) is 2.77. The lowest BCUT2D eigenvalue weighted by molar-refractivity contribution is -0.128. The molecule has 0 unspecified atom stereocenters. The van der Waals surface area contributed by atoms with Crippen LogP contribution in [0.3, 0.4) is 0 Å². The highest BCUT2D eigenvalue weighted by Crippen LogP contribution is 2.15. The first-order valence-corrected chi connectivity index (χ1v) is 7.98. The highest BCUT2D eigenvalue weighted by molar-refractivity contribution is 5.95. The molecule has 0 spiro atoms. The van der Waals surface area contributed by atoms with Crippen molar-refractivity contribution in [3.05, 3.63) is 59.0 Å². The monoisotopic (exact) mass is 342 g/mol. The number of rotatable bonds is 6. The molecule has 130 valence electrons. The van der Waals surface area contributed by atoms with Gasteiger partial charge in [-0.3, -0.25) is 9.59 Å². The average Bonchev–Trinajstić information content (AvgIpc) is 3.23. The molecule has 1 aliphatic heterocycles. The van der Waals surface area contributed by atoms with Gasteiger partial charge in [0.15, 0.2) is 5.76 Å². The summed E-state index contributed by atoms with van der Waals surface area (Å²) in [6.07, 6.45) is 2.54. The summed E-state index contributed by atoms with van der Waals surface area (Å²) in [6, 6.07) is 8.83. The molecule has 1 saturated heterocycles. The van der Waals surface area contributed by atoms with Gasteiger partial charge in [0.2, 0.25) is 5.91 Å². The normalized spacial score (nSPS) is 13.9. The van der Waals surface area contributed by atoms with Gasteiger partial charge in [-0.25, -0.2) is 4.79 Å². The van der Waals surface area contributed by atoms with Crippen molar-refractivity contribution in [2.24, 2.45) is 0 Å². The minimum absolute atomic E-state index is 0.0452. The number of likely N-dealkylation sites (tertiary alicyclic amines) is 1. The number of carboxylic acid groups (broad SMARTS) is 1. The molecule has 7 heteroatoms. The van der Waals surface area contributed by atoms with Crippen LogP contribution in [0.5, 0.6) is 0 Å². The molecule has 0 radical (unpaired) electrons. The third-order valence-corrected chi connectivity index (χ3v) is 4.06. The van der Waals surface area contributed by atoms with E-state index in [1.54, 1.807) is 0 Å². The first-order valence-electron chi connectivity index (χ1n) is 7.98. The molecule has 0 aliphatic carbocycles. The molecule has 3 rings (SSSR count). The lowest BCUT2D eigenvalue weighted by Gasteiger charge is -2.16. The van der Waals surface area contributed by atoms with Gasteiger partial charge in [0.25, 0.3) is 5.91 Å². The second-order valence-electron chi connectivity index (χ2n) is 5.93. The van der Waals surface area contributed by atoms with Crippen LogP contribution in [0.25, 0.3) is 0 Å². The van der Waals surface area contributed by atoms with E-state index in [-0.39, 0.29) is 23.8 Å². The Morgan fingerprint density at radius 2 is 2.04 bits per heavy atom. The topological polar surface area (TPSA) is 99.8 Å². The summed E-state index contributed by atoms with van der Waals surface area (Å²) in [6.45, 7) is 1.63. The second kappa shape index (κ2) is 7.21. The van der Waals surface area contributed by atoms with E-state index < -0.39 is 11.9 Å². The Hall–Kier alpha value is -3.09. The van der Waals surface area contributed by atoms with Gasteiger partial charge < -0.3 is 19.7 Å². The number of hydrogen-bond donors (Lipinski definition) is 2. The number of furan rings is 1. The lowest BCUT2D eigenvalue weighted by Crippen LogP contribution is -2.24. The van der Waals surface area contributed by atoms with E-state index >= 15 is 0 Å². The van der Waals surface area contributed by atoms with Crippen LogP contribution in [-0.4, -0.2) is 34.3 Å². The van der Waals surface area contributed by atoms with E-state index in [0.717, 1.165) is 30.4 Å². The highest BCUT2D eigenvalue weighted by atomic mass is 16.4. The number of carbonyl (C=O) groups is 3. The first kappa shape index (κ1) is 16.8. The molecule has 2 heterocycles. The van der Waals surface area contributed by atoms with Crippen LogP contribution in [0.15, 0.2) is 41.0 Å². The van der Waals surface area contributed by atoms with Gasteiger partial charge in [-0.15, -0.1) is 0 Å². The molecular formula is C18H18N2O5. The number of hydrogen-bond acceptors (Lipinski definition) is 4. The molecule has 2 amide bonds. The van der Waals surface area contributed by atoms with Gasteiger partial charge >= 0.3 is 5.97 Å². The van der Waals surface area contributed by atoms with Gasteiger partial charge in [0.05, 0.1) is 5.56 Å². The van der Waals surface area contributed by atoms with Crippen molar-refractivity contribution in [1.82, 2.24) is 10.2 Å². The maximum Gasteiger partial charge on any atom is 0.338 e. The molecule has 1 fully saturated rings. The average molecular weight is 342 g/mol. The van der Waals surface area contributed by atoms with Gasteiger partial charge in [0.1, 0.15) is 6.26 Å². The molecule has 1 aromatic heterocycles. The fraction of sp³-hybridized carbons (Fsp3) is 0.278. The van der Waals surface area contributed by atoms with E-state index in [2.05, 4.69) is 5.32 Å². The Bertz CT molecular complexity index is 811. The van der Waals surface area contributed by atoms with E-state index in [4.69, 9.17) is 9.52 Å². The van der Waals surface area contributed by atoms with Gasteiger partial charge in [-0.2, -0.15) is 0 Å². The van der Waals surface area contributed by atoms with Crippen molar-refractivity contribution in [3.63, 3.8) is 0 Å². The van der Waals surface area contributed by atoms with Gasteiger partial charge in [-0.1, -0.05) is 24.3 Å². The standard InChI is InChI=1S/C18H18N2O5/c21-16-5-2-6-20(16)10-13-4-1-3-12(7-13)9-19-17(22)15-8-14(11-25-15)18(23)24/h1,3-4,7-8,11H,2,5-6,9-10H2,(H,19,22)(H,23,24). The summed E-state index contributed by atoms with van der Waals surface area (Å²) in [5, 5.41) is 11.5. The van der Waals surface area contributed by atoms with Crippen molar-refractivity contribution in [2.45, 2.75) is 25.9 Å². The minimum Gasteiger partial charge on any atom is -0.478 e. The molecule has 0 bridgehead atoms. The molecule has 1 aromatic carbocycles. The lowest BCUT2D eigenvalue weighted by atomic mass is 10.1. The molecule has 25 heavy (non-hydrogen) atoms. The molecule has 7 nitrogen and oxygen atoms in total. The fourth-order valence-corrected chi connectivity index (χ4v) is 2.77. The predicted molar refractivity (Wildman–Crippen MR) is 87.9 cm³/mol. The van der Waals surface area contributed by atoms with Crippen molar-refractivity contribution in [2.75, 3.05) is 6.54 Å². The van der Waals surface area contributed by atoms with Crippen LogP contribution in [-0.2, 0) is 17.9 Å². The molecule has 0 saturated carbocycles. The van der Waals surface area contributed by atoms with Crippen LogP contribution < -0.4 is 5.32 Å². The summed E-state index contributed by atoms with van der Waals surface area (Å²) in [5.74, 6) is -1.50. The molecule has 1 aliphatic rings. The predicted octanol–water partition coefficient (Wildman–Crippen LogP) is 2.03.